The molecule has 2 aliphatic heterocycles. The summed E-state index contributed by atoms with van der Waals surface area (Å²) in [7, 11) is 0. The highest BCUT2D eigenvalue weighted by molar-refractivity contribution is 5.93. The van der Waals surface area contributed by atoms with Crippen molar-refractivity contribution in [3.8, 4) is 0 Å². The number of piperazine rings is 1. The molecule has 6 rings (SSSR count). The van der Waals surface area contributed by atoms with Gasteiger partial charge in [0.25, 0.3) is 0 Å². The zero-order valence-electron chi connectivity index (χ0n) is 19.9. The fourth-order valence-electron chi connectivity index (χ4n) is 4.97. The van der Waals surface area contributed by atoms with Crippen molar-refractivity contribution < 1.29 is 9.47 Å². The van der Waals surface area contributed by atoms with Crippen molar-refractivity contribution in [2.45, 2.75) is 19.1 Å². The highest BCUT2D eigenvalue weighted by atomic mass is 16.7. The lowest BCUT2D eigenvalue weighted by molar-refractivity contribution is -0.149. The van der Waals surface area contributed by atoms with Gasteiger partial charge in [0.2, 0.25) is 0 Å². The first-order valence-corrected chi connectivity index (χ1v) is 12.2. The summed E-state index contributed by atoms with van der Waals surface area (Å²) in [5.74, 6) is 1.25. The standard InChI is InChI=1S/C28H29N5O2/c1-28(34-17-18-35-28)22-11-12-26(29-20-22)32-13-15-33(16-14-32)27-24-10-6-5-9-23(24)25(30-31-27)19-21-7-3-2-4-8-21/h2-12,20H,13-19H2,1H3. The average Bonchev–Trinajstić information content (AvgIpc) is 3.37. The van der Waals surface area contributed by atoms with Gasteiger partial charge < -0.3 is 19.3 Å². The number of aromatic nitrogens is 3. The molecule has 7 heteroatoms. The van der Waals surface area contributed by atoms with Gasteiger partial charge in [0.05, 0.1) is 18.9 Å². The first-order chi connectivity index (χ1) is 17.2. The van der Waals surface area contributed by atoms with E-state index in [1.54, 1.807) is 0 Å². The Balaban J connectivity index is 1.18. The lowest BCUT2D eigenvalue weighted by atomic mass is 10.0. The third kappa shape index (κ3) is 4.33. The van der Waals surface area contributed by atoms with Crippen LogP contribution in [0.1, 0.15) is 23.7 Å². The van der Waals surface area contributed by atoms with E-state index in [1.807, 2.05) is 19.2 Å². The fraction of sp³-hybridized carbons (Fsp3) is 0.321. The predicted molar refractivity (Wildman–Crippen MR) is 137 cm³/mol. The van der Waals surface area contributed by atoms with E-state index in [9.17, 15) is 0 Å². The van der Waals surface area contributed by atoms with E-state index < -0.39 is 5.79 Å². The minimum Gasteiger partial charge on any atom is -0.353 e. The van der Waals surface area contributed by atoms with Gasteiger partial charge in [-0.25, -0.2) is 4.98 Å². The van der Waals surface area contributed by atoms with E-state index >= 15 is 0 Å². The SMILES string of the molecule is CC1(c2ccc(N3CCN(c4nnc(Cc5ccccc5)c5ccccc45)CC3)nc2)OCCO1. The van der Waals surface area contributed by atoms with Crippen molar-refractivity contribution in [3.63, 3.8) is 0 Å². The number of ether oxygens (including phenoxy) is 2. The lowest BCUT2D eigenvalue weighted by Crippen LogP contribution is -2.47. The van der Waals surface area contributed by atoms with Crippen molar-refractivity contribution in [1.29, 1.82) is 0 Å². The van der Waals surface area contributed by atoms with E-state index in [0.717, 1.165) is 60.9 Å². The topological polar surface area (TPSA) is 63.6 Å². The highest BCUT2D eigenvalue weighted by Gasteiger charge is 2.33. The summed E-state index contributed by atoms with van der Waals surface area (Å²) in [6.07, 6.45) is 2.65. The van der Waals surface area contributed by atoms with Crippen LogP contribution in [0.2, 0.25) is 0 Å². The molecule has 2 aromatic heterocycles. The van der Waals surface area contributed by atoms with Gasteiger partial charge in [0.15, 0.2) is 11.6 Å². The van der Waals surface area contributed by atoms with Gasteiger partial charge in [-0.05, 0) is 24.6 Å². The Morgan fingerprint density at radius 1 is 0.771 bits per heavy atom. The van der Waals surface area contributed by atoms with Gasteiger partial charge in [0, 0.05) is 55.1 Å². The monoisotopic (exact) mass is 467 g/mol. The molecule has 0 bridgehead atoms. The zero-order valence-corrected chi connectivity index (χ0v) is 19.9. The number of rotatable bonds is 5. The van der Waals surface area contributed by atoms with Crippen molar-refractivity contribution in [2.75, 3.05) is 49.2 Å². The quantitative estimate of drug-likeness (QED) is 0.437. The van der Waals surface area contributed by atoms with Crippen molar-refractivity contribution in [2.24, 2.45) is 0 Å². The Hall–Kier alpha value is -3.55. The van der Waals surface area contributed by atoms with Crippen LogP contribution in [0.3, 0.4) is 0 Å². The molecule has 2 aromatic carbocycles. The summed E-state index contributed by atoms with van der Waals surface area (Å²) in [6, 6.07) is 23.1. The maximum Gasteiger partial charge on any atom is 0.193 e. The molecule has 2 aliphatic rings. The maximum absolute atomic E-state index is 5.76. The Morgan fingerprint density at radius 3 is 2.17 bits per heavy atom. The second-order valence-electron chi connectivity index (χ2n) is 9.20. The minimum atomic E-state index is -0.684. The van der Waals surface area contributed by atoms with Gasteiger partial charge in [-0.3, -0.25) is 0 Å². The largest absolute Gasteiger partial charge is 0.353 e. The lowest BCUT2D eigenvalue weighted by Gasteiger charge is -2.36. The van der Waals surface area contributed by atoms with Crippen LogP contribution in [-0.4, -0.2) is 54.6 Å². The molecular formula is C28H29N5O2. The number of nitrogens with zero attached hydrogens (tertiary/aromatic N) is 5. The maximum atomic E-state index is 5.76. The van der Waals surface area contributed by atoms with Crippen LogP contribution in [0, 0.1) is 0 Å². The number of hydrogen-bond acceptors (Lipinski definition) is 7. The molecule has 2 fully saturated rings. The highest BCUT2D eigenvalue weighted by Crippen LogP contribution is 2.32. The summed E-state index contributed by atoms with van der Waals surface area (Å²) in [4.78, 5) is 9.37. The Morgan fingerprint density at radius 2 is 1.46 bits per heavy atom. The van der Waals surface area contributed by atoms with Crippen LogP contribution >= 0.6 is 0 Å². The van der Waals surface area contributed by atoms with Crippen LogP contribution in [0.4, 0.5) is 11.6 Å². The average molecular weight is 468 g/mol. The van der Waals surface area contributed by atoms with Gasteiger partial charge >= 0.3 is 0 Å². The molecular weight excluding hydrogens is 438 g/mol. The van der Waals surface area contributed by atoms with Gasteiger partial charge in [-0.1, -0.05) is 54.6 Å². The molecule has 0 saturated carbocycles. The molecule has 0 N–H and O–H groups in total. The van der Waals surface area contributed by atoms with E-state index in [2.05, 4.69) is 75.6 Å². The number of benzene rings is 2. The van der Waals surface area contributed by atoms with Crippen LogP contribution in [0.5, 0.6) is 0 Å². The van der Waals surface area contributed by atoms with Gasteiger partial charge in [-0.15, -0.1) is 5.10 Å². The van der Waals surface area contributed by atoms with E-state index in [4.69, 9.17) is 19.6 Å². The number of anilines is 2. The molecule has 178 valence electrons. The zero-order chi connectivity index (χ0) is 23.7. The van der Waals surface area contributed by atoms with Gasteiger partial charge in [-0.2, -0.15) is 5.10 Å². The first-order valence-electron chi connectivity index (χ1n) is 12.2. The van der Waals surface area contributed by atoms with Crippen molar-refractivity contribution >= 4 is 22.4 Å². The molecule has 4 aromatic rings. The van der Waals surface area contributed by atoms with E-state index in [1.165, 1.54) is 10.9 Å². The Kier molecular flexibility index (Phi) is 5.80. The normalized spacial score (nSPS) is 17.7. The van der Waals surface area contributed by atoms with Crippen LogP contribution in [0.25, 0.3) is 10.8 Å². The molecule has 2 saturated heterocycles. The molecule has 0 unspecified atom stereocenters. The molecule has 35 heavy (non-hydrogen) atoms. The molecule has 7 nitrogen and oxygen atoms in total. The third-order valence-electron chi connectivity index (χ3n) is 6.97. The summed E-state index contributed by atoms with van der Waals surface area (Å²) in [5, 5.41) is 11.7. The molecule has 0 aliphatic carbocycles. The Bertz CT molecular complexity index is 1300. The summed E-state index contributed by atoms with van der Waals surface area (Å²) < 4.78 is 11.5. The predicted octanol–water partition coefficient (Wildman–Crippen LogP) is 4.16. The third-order valence-corrected chi connectivity index (χ3v) is 6.97. The first kappa shape index (κ1) is 21.9. The smallest absolute Gasteiger partial charge is 0.193 e. The van der Waals surface area contributed by atoms with Crippen molar-refractivity contribution in [3.05, 3.63) is 89.7 Å². The molecule has 0 amide bonds. The van der Waals surface area contributed by atoms with E-state index in [-0.39, 0.29) is 0 Å². The van der Waals surface area contributed by atoms with E-state index in [0.29, 0.717) is 13.2 Å². The molecule has 0 radical (unpaired) electrons. The summed E-state index contributed by atoms with van der Waals surface area (Å²) >= 11 is 0. The number of pyridine rings is 1. The number of fused-ring (bicyclic) bond motifs is 1. The summed E-state index contributed by atoms with van der Waals surface area (Å²) in [6.45, 7) is 6.66. The molecule has 0 spiro atoms. The van der Waals surface area contributed by atoms with Crippen LogP contribution in [0.15, 0.2) is 72.9 Å². The molecule has 4 heterocycles. The fourth-order valence-corrected chi connectivity index (χ4v) is 4.97. The number of hydrogen-bond donors (Lipinski definition) is 0. The second kappa shape index (κ2) is 9.24. The van der Waals surface area contributed by atoms with Crippen LogP contribution in [-0.2, 0) is 21.7 Å². The Labute approximate surface area is 205 Å². The summed E-state index contributed by atoms with van der Waals surface area (Å²) in [5.41, 5.74) is 3.21. The van der Waals surface area contributed by atoms with Crippen LogP contribution < -0.4 is 9.80 Å². The van der Waals surface area contributed by atoms with Gasteiger partial charge in [0.1, 0.15) is 5.82 Å². The minimum absolute atomic E-state index is 0.616. The molecule has 0 atom stereocenters. The van der Waals surface area contributed by atoms with Crippen molar-refractivity contribution in [1.82, 2.24) is 15.2 Å². The second-order valence-corrected chi connectivity index (χ2v) is 9.20.